The number of nitrogens with zero attached hydrogens (tertiary/aromatic N) is 1. The van der Waals surface area contributed by atoms with Gasteiger partial charge in [0.05, 0.1) is 23.0 Å². The molecule has 0 atom stereocenters. The van der Waals surface area contributed by atoms with Crippen LogP contribution in [0.4, 0.5) is 0 Å². The van der Waals surface area contributed by atoms with E-state index in [-0.39, 0.29) is 31.2 Å². The number of furan rings is 1. The van der Waals surface area contributed by atoms with Crippen LogP contribution in [0.25, 0.3) is 0 Å². The number of carbonyl (C=O) groups is 4. The summed E-state index contributed by atoms with van der Waals surface area (Å²) in [5.41, 5.74) is 5.67. The van der Waals surface area contributed by atoms with Crippen molar-refractivity contribution in [3.05, 3.63) is 59.0 Å². The normalized spacial score (nSPS) is 12.9. The standard InChI is InChI=1S/C18H17N3O5/c1-11-12(8-10-26-11)16(23)20-19-15(22)7-4-9-21-17(24)13-5-2-3-6-14(13)18(21)25/h2-3,5-6,8,10H,4,7,9H2,1H3,(H,19,22)(H,20,23). The van der Waals surface area contributed by atoms with Crippen molar-refractivity contribution in [2.75, 3.05) is 6.54 Å². The summed E-state index contributed by atoms with van der Waals surface area (Å²) in [4.78, 5) is 49.2. The highest BCUT2D eigenvalue weighted by molar-refractivity contribution is 6.21. The first-order chi connectivity index (χ1) is 12.5. The maximum Gasteiger partial charge on any atom is 0.273 e. The smallest absolute Gasteiger partial charge is 0.273 e. The molecule has 0 saturated carbocycles. The fraction of sp³-hybridized carbons (Fsp3) is 0.222. The minimum atomic E-state index is -0.482. The lowest BCUT2D eigenvalue weighted by Crippen LogP contribution is -2.42. The number of hydrazine groups is 1. The molecular weight excluding hydrogens is 338 g/mol. The number of carbonyl (C=O) groups excluding carboxylic acids is 4. The minimum absolute atomic E-state index is 0.0536. The summed E-state index contributed by atoms with van der Waals surface area (Å²) in [6.07, 6.45) is 1.73. The van der Waals surface area contributed by atoms with Gasteiger partial charge >= 0.3 is 0 Å². The van der Waals surface area contributed by atoms with Crippen LogP contribution in [0, 0.1) is 6.92 Å². The Morgan fingerprint density at radius 1 is 1.04 bits per heavy atom. The number of nitrogens with one attached hydrogen (secondary N) is 2. The third-order valence-electron chi connectivity index (χ3n) is 4.08. The molecule has 1 aromatic carbocycles. The van der Waals surface area contributed by atoms with Gasteiger partial charge in [-0.2, -0.15) is 0 Å². The molecule has 0 saturated heterocycles. The molecule has 0 fully saturated rings. The number of hydrogen-bond donors (Lipinski definition) is 2. The van der Waals surface area contributed by atoms with Crippen LogP contribution in [-0.4, -0.2) is 35.1 Å². The molecule has 2 heterocycles. The van der Waals surface area contributed by atoms with Crippen LogP contribution in [0.1, 0.15) is 49.7 Å². The largest absolute Gasteiger partial charge is 0.469 e. The summed E-state index contributed by atoms with van der Waals surface area (Å²) in [7, 11) is 0. The van der Waals surface area contributed by atoms with Gasteiger partial charge in [-0.25, -0.2) is 0 Å². The third kappa shape index (κ3) is 3.34. The molecule has 0 spiro atoms. The molecule has 1 aromatic heterocycles. The van der Waals surface area contributed by atoms with E-state index >= 15 is 0 Å². The Kier molecular flexibility index (Phi) is 4.83. The van der Waals surface area contributed by atoms with E-state index < -0.39 is 11.8 Å². The second-order valence-electron chi connectivity index (χ2n) is 5.80. The predicted octanol–water partition coefficient (Wildman–Crippen LogP) is 1.43. The molecule has 8 nitrogen and oxygen atoms in total. The zero-order valence-electron chi connectivity index (χ0n) is 14.1. The van der Waals surface area contributed by atoms with Gasteiger partial charge in [-0.15, -0.1) is 0 Å². The maximum absolute atomic E-state index is 12.2. The van der Waals surface area contributed by atoms with Gasteiger partial charge in [0.2, 0.25) is 5.91 Å². The highest BCUT2D eigenvalue weighted by atomic mass is 16.3. The summed E-state index contributed by atoms with van der Waals surface area (Å²) in [5.74, 6) is -1.16. The Morgan fingerprint density at radius 3 is 2.27 bits per heavy atom. The van der Waals surface area contributed by atoms with Crippen molar-refractivity contribution in [2.24, 2.45) is 0 Å². The van der Waals surface area contributed by atoms with Gasteiger partial charge in [-0.3, -0.25) is 34.9 Å². The fourth-order valence-corrected chi connectivity index (χ4v) is 2.72. The molecule has 2 N–H and O–H groups in total. The molecule has 0 unspecified atom stereocenters. The molecule has 3 rings (SSSR count). The molecule has 26 heavy (non-hydrogen) atoms. The number of aryl methyl sites for hydroxylation is 1. The fourth-order valence-electron chi connectivity index (χ4n) is 2.72. The van der Waals surface area contributed by atoms with Crippen molar-refractivity contribution in [3.8, 4) is 0 Å². The maximum atomic E-state index is 12.2. The van der Waals surface area contributed by atoms with Crippen molar-refractivity contribution in [3.63, 3.8) is 0 Å². The topological polar surface area (TPSA) is 109 Å². The van der Waals surface area contributed by atoms with E-state index in [4.69, 9.17) is 4.42 Å². The molecule has 4 amide bonds. The van der Waals surface area contributed by atoms with Gasteiger partial charge < -0.3 is 4.42 Å². The van der Waals surface area contributed by atoms with Crippen molar-refractivity contribution < 1.29 is 23.6 Å². The average molecular weight is 355 g/mol. The Bertz CT molecular complexity index is 851. The Labute approximate surface area is 149 Å². The van der Waals surface area contributed by atoms with Gasteiger partial charge in [0.1, 0.15) is 5.76 Å². The summed E-state index contributed by atoms with van der Waals surface area (Å²) in [6, 6.07) is 8.11. The Balaban J connectivity index is 1.45. The molecule has 2 aromatic rings. The lowest BCUT2D eigenvalue weighted by atomic mass is 10.1. The van der Waals surface area contributed by atoms with Crippen molar-refractivity contribution in [1.29, 1.82) is 0 Å². The molecule has 1 aliphatic rings. The SMILES string of the molecule is Cc1occc1C(=O)NNC(=O)CCCN1C(=O)c2ccccc2C1=O. The lowest BCUT2D eigenvalue weighted by molar-refractivity contribution is -0.122. The van der Waals surface area contributed by atoms with Gasteiger partial charge in [-0.05, 0) is 31.5 Å². The number of hydrogen-bond acceptors (Lipinski definition) is 5. The number of rotatable bonds is 5. The monoisotopic (exact) mass is 355 g/mol. The van der Waals surface area contributed by atoms with E-state index in [0.29, 0.717) is 22.5 Å². The van der Waals surface area contributed by atoms with Crippen molar-refractivity contribution >= 4 is 23.6 Å². The molecular formula is C18H17N3O5. The van der Waals surface area contributed by atoms with E-state index in [1.807, 2.05) is 0 Å². The number of amides is 4. The van der Waals surface area contributed by atoms with E-state index in [0.717, 1.165) is 4.90 Å². The Morgan fingerprint density at radius 2 is 1.69 bits per heavy atom. The molecule has 1 aliphatic heterocycles. The molecule has 0 aliphatic carbocycles. The zero-order chi connectivity index (χ0) is 18.7. The average Bonchev–Trinajstić information content (AvgIpc) is 3.17. The molecule has 0 radical (unpaired) electrons. The highest BCUT2D eigenvalue weighted by Gasteiger charge is 2.34. The number of fused-ring (bicyclic) bond motifs is 1. The van der Waals surface area contributed by atoms with Crippen LogP contribution in [0.15, 0.2) is 41.0 Å². The second-order valence-corrected chi connectivity index (χ2v) is 5.80. The summed E-state index contributed by atoms with van der Waals surface area (Å²) >= 11 is 0. The quantitative estimate of drug-likeness (QED) is 0.623. The van der Waals surface area contributed by atoms with E-state index in [1.54, 1.807) is 31.2 Å². The predicted molar refractivity (Wildman–Crippen MR) is 90.1 cm³/mol. The van der Waals surface area contributed by atoms with Crippen LogP contribution in [-0.2, 0) is 4.79 Å². The first kappa shape index (κ1) is 17.4. The van der Waals surface area contributed by atoms with Gasteiger partial charge in [0, 0.05) is 13.0 Å². The summed E-state index contributed by atoms with van der Waals surface area (Å²) < 4.78 is 5.02. The van der Waals surface area contributed by atoms with E-state index in [2.05, 4.69) is 10.9 Å². The van der Waals surface area contributed by atoms with Crippen LogP contribution in [0.5, 0.6) is 0 Å². The lowest BCUT2D eigenvalue weighted by Gasteiger charge is -2.13. The number of imide groups is 1. The van der Waals surface area contributed by atoms with Crippen LogP contribution < -0.4 is 10.9 Å². The molecule has 134 valence electrons. The second kappa shape index (κ2) is 7.22. The van der Waals surface area contributed by atoms with Gasteiger partial charge in [0.15, 0.2) is 0 Å². The van der Waals surface area contributed by atoms with E-state index in [9.17, 15) is 19.2 Å². The summed E-state index contributed by atoms with van der Waals surface area (Å²) in [6.45, 7) is 1.77. The number of benzene rings is 1. The first-order valence-electron chi connectivity index (χ1n) is 8.07. The van der Waals surface area contributed by atoms with Crippen LogP contribution >= 0.6 is 0 Å². The van der Waals surface area contributed by atoms with Crippen LogP contribution in [0.3, 0.4) is 0 Å². The molecule has 0 bridgehead atoms. The minimum Gasteiger partial charge on any atom is -0.469 e. The molecule has 8 heteroatoms. The third-order valence-corrected chi connectivity index (χ3v) is 4.08. The zero-order valence-corrected chi connectivity index (χ0v) is 14.1. The highest BCUT2D eigenvalue weighted by Crippen LogP contribution is 2.22. The van der Waals surface area contributed by atoms with E-state index in [1.165, 1.54) is 12.3 Å². The van der Waals surface area contributed by atoms with Crippen LogP contribution in [0.2, 0.25) is 0 Å². The van der Waals surface area contributed by atoms with Gasteiger partial charge in [0.25, 0.3) is 17.7 Å². The van der Waals surface area contributed by atoms with Crippen molar-refractivity contribution in [2.45, 2.75) is 19.8 Å². The summed E-state index contributed by atoms with van der Waals surface area (Å²) in [5, 5.41) is 0. The Hall–Kier alpha value is -3.42. The van der Waals surface area contributed by atoms with Crippen molar-refractivity contribution in [1.82, 2.24) is 15.8 Å². The van der Waals surface area contributed by atoms with Gasteiger partial charge in [-0.1, -0.05) is 12.1 Å². The first-order valence-corrected chi connectivity index (χ1v) is 8.07.